The number of aromatic nitrogens is 2. The second-order valence-corrected chi connectivity index (χ2v) is 3.11. The van der Waals surface area contributed by atoms with Crippen molar-refractivity contribution in [2.75, 3.05) is 7.11 Å². The Labute approximate surface area is 85.4 Å². The average Bonchev–Trinajstić information content (AvgIpc) is 2.03. The second kappa shape index (κ2) is 3.64. The van der Waals surface area contributed by atoms with Crippen LogP contribution in [-0.4, -0.2) is 17.3 Å². The number of halogens is 4. The number of nitrogens with zero attached hydrogens (tertiary/aromatic N) is 2. The third-order valence-corrected chi connectivity index (χ3v) is 1.97. The van der Waals surface area contributed by atoms with Crippen LogP contribution in [0.2, 0.25) is 0 Å². The topological polar surface area (TPSA) is 35.0 Å². The molecule has 13 heavy (non-hydrogen) atoms. The molecule has 3 nitrogen and oxygen atoms in total. The molecule has 0 bridgehead atoms. The minimum absolute atomic E-state index is 0.0722. The van der Waals surface area contributed by atoms with Crippen LogP contribution in [0.25, 0.3) is 0 Å². The van der Waals surface area contributed by atoms with Crippen LogP contribution < -0.4 is 4.74 Å². The van der Waals surface area contributed by atoms with Gasteiger partial charge < -0.3 is 4.74 Å². The van der Waals surface area contributed by atoms with Crippen LogP contribution >= 0.6 is 22.6 Å². The van der Waals surface area contributed by atoms with Crippen molar-refractivity contribution >= 4 is 22.6 Å². The van der Waals surface area contributed by atoms with Gasteiger partial charge in [0.05, 0.1) is 7.11 Å². The number of rotatable bonds is 1. The molecular formula is C6H4F3IN2O. The minimum Gasteiger partial charge on any atom is -0.494 e. The highest BCUT2D eigenvalue weighted by Crippen LogP contribution is 2.30. The minimum atomic E-state index is -4.48. The first-order valence-corrected chi connectivity index (χ1v) is 4.17. The van der Waals surface area contributed by atoms with Crippen LogP contribution in [0.4, 0.5) is 13.2 Å². The van der Waals surface area contributed by atoms with Gasteiger partial charge in [0.1, 0.15) is 0 Å². The Kier molecular flexibility index (Phi) is 2.94. The Bertz CT molecular complexity index is 315. The molecule has 0 N–H and O–H groups in total. The van der Waals surface area contributed by atoms with E-state index < -0.39 is 11.9 Å². The SMILES string of the molecule is COc1cc(C(F)(F)F)nnc1I. The number of methoxy groups -OCH3 is 1. The van der Waals surface area contributed by atoms with Gasteiger partial charge in [-0.1, -0.05) is 0 Å². The zero-order valence-corrected chi connectivity index (χ0v) is 8.55. The Morgan fingerprint density at radius 2 is 2.00 bits per heavy atom. The van der Waals surface area contributed by atoms with Gasteiger partial charge in [0, 0.05) is 6.07 Å². The standard InChI is InChI=1S/C6H4F3IN2O/c1-13-3-2-4(6(7,8)9)11-12-5(3)10/h2H,1H3. The molecule has 1 aromatic rings. The summed E-state index contributed by atoms with van der Waals surface area (Å²) in [5.41, 5.74) is -1.05. The van der Waals surface area contributed by atoms with E-state index in [-0.39, 0.29) is 5.75 Å². The van der Waals surface area contributed by atoms with Crippen molar-refractivity contribution in [2.45, 2.75) is 6.18 Å². The van der Waals surface area contributed by atoms with E-state index in [1.807, 2.05) is 0 Å². The maximum Gasteiger partial charge on any atom is 0.435 e. The third-order valence-electron chi connectivity index (χ3n) is 1.23. The molecule has 7 heteroatoms. The van der Waals surface area contributed by atoms with Crippen molar-refractivity contribution in [2.24, 2.45) is 0 Å². The summed E-state index contributed by atoms with van der Waals surface area (Å²) in [6.45, 7) is 0. The van der Waals surface area contributed by atoms with E-state index in [9.17, 15) is 13.2 Å². The van der Waals surface area contributed by atoms with Gasteiger partial charge in [0.15, 0.2) is 15.1 Å². The summed E-state index contributed by atoms with van der Waals surface area (Å²) in [4.78, 5) is 0. The van der Waals surface area contributed by atoms with Gasteiger partial charge in [0.25, 0.3) is 0 Å². The normalized spacial score (nSPS) is 11.5. The number of ether oxygens (including phenoxy) is 1. The molecule has 0 aromatic carbocycles. The Hall–Kier alpha value is -0.600. The van der Waals surface area contributed by atoms with Crippen LogP contribution in [0.1, 0.15) is 5.69 Å². The molecule has 0 unspecified atom stereocenters. The fourth-order valence-electron chi connectivity index (χ4n) is 0.641. The first kappa shape index (κ1) is 10.5. The van der Waals surface area contributed by atoms with Crippen molar-refractivity contribution < 1.29 is 17.9 Å². The quantitative estimate of drug-likeness (QED) is 0.745. The molecule has 0 radical (unpaired) electrons. The predicted octanol–water partition coefficient (Wildman–Crippen LogP) is 2.11. The maximum atomic E-state index is 12.1. The maximum absolute atomic E-state index is 12.1. The lowest BCUT2D eigenvalue weighted by Crippen LogP contribution is -2.10. The molecule has 0 amide bonds. The molecule has 0 aliphatic rings. The monoisotopic (exact) mass is 304 g/mol. The summed E-state index contributed by atoms with van der Waals surface area (Å²) in [7, 11) is 1.28. The molecule has 1 rings (SSSR count). The molecule has 1 heterocycles. The molecular weight excluding hydrogens is 300 g/mol. The Morgan fingerprint density at radius 3 is 2.46 bits per heavy atom. The molecule has 72 valence electrons. The molecule has 0 aliphatic heterocycles. The van der Waals surface area contributed by atoms with Crippen LogP contribution in [-0.2, 0) is 6.18 Å². The van der Waals surface area contributed by atoms with Crippen LogP contribution in [0, 0.1) is 3.70 Å². The summed E-state index contributed by atoms with van der Waals surface area (Å²) in [6.07, 6.45) is -4.48. The van der Waals surface area contributed by atoms with E-state index in [0.29, 0.717) is 3.70 Å². The van der Waals surface area contributed by atoms with Gasteiger partial charge in [-0.05, 0) is 22.6 Å². The van der Waals surface area contributed by atoms with Gasteiger partial charge in [-0.2, -0.15) is 13.2 Å². The van der Waals surface area contributed by atoms with Crippen LogP contribution in [0.5, 0.6) is 5.75 Å². The van der Waals surface area contributed by atoms with Crippen molar-refractivity contribution in [1.29, 1.82) is 0 Å². The number of hydrogen-bond donors (Lipinski definition) is 0. The fraction of sp³-hybridized carbons (Fsp3) is 0.333. The third kappa shape index (κ3) is 2.42. The largest absolute Gasteiger partial charge is 0.494 e. The highest BCUT2D eigenvalue weighted by atomic mass is 127. The predicted molar refractivity (Wildman–Crippen MR) is 46.3 cm³/mol. The van der Waals surface area contributed by atoms with Gasteiger partial charge in [-0.25, -0.2) is 0 Å². The molecule has 1 aromatic heterocycles. The molecule has 0 spiro atoms. The first-order chi connectivity index (χ1) is 5.95. The summed E-state index contributed by atoms with van der Waals surface area (Å²) in [5.74, 6) is 0.0722. The fourth-order valence-corrected chi connectivity index (χ4v) is 1.13. The lowest BCUT2D eigenvalue weighted by Gasteiger charge is -2.06. The summed E-state index contributed by atoms with van der Waals surface area (Å²) < 4.78 is 41.2. The first-order valence-electron chi connectivity index (χ1n) is 3.09. The molecule has 0 aliphatic carbocycles. The van der Waals surface area contributed by atoms with Gasteiger partial charge in [-0.3, -0.25) is 0 Å². The Balaban J connectivity index is 3.14. The highest BCUT2D eigenvalue weighted by Gasteiger charge is 2.34. The molecule has 0 saturated carbocycles. The molecule has 0 fully saturated rings. The van der Waals surface area contributed by atoms with Crippen molar-refractivity contribution in [3.63, 3.8) is 0 Å². The number of hydrogen-bond acceptors (Lipinski definition) is 3. The lowest BCUT2D eigenvalue weighted by molar-refractivity contribution is -0.141. The number of alkyl halides is 3. The lowest BCUT2D eigenvalue weighted by atomic mass is 10.4. The van der Waals surface area contributed by atoms with E-state index >= 15 is 0 Å². The summed E-state index contributed by atoms with van der Waals surface area (Å²) in [6, 6.07) is 0.814. The van der Waals surface area contributed by atoms with E-state index in [4.69, 9.17) is 0 Å². The van der Waals surface area contributed by atoms with Crippen LogP contribution in [0.15, 0.2) is 6.07 Å². The van der Waals surface area contributed by atoms with E-state index in [2.05, 4.69) is 14.9 Å². The van der Waals surface area contributed by atoms with Crippen molar-refractivity contribution in [1.82, 2.24) is 10.2 Å². The second-order valence-electron chi connectivity index (χ2n) is 2.09. The van der Waals surface area contributed by atoms with Gasteiger partial charge in [0.2, 0.25) is 0 Å². The summed E-state index contributed by atoms with van der Waals surface area (Å²) >= 11 is 1.74. The van der Waals surface area contributed by atoms with Crippen LogP contribution in [0.3, 0.4) is 0 Å². The average molecular weight is 304 g/mol. The zero-order valence-electron chi connectivity index (χ0n) is 6.39. The molecule has 0 saturated heterocycles. The van der Waals surface area contributed by atoms with E-state index in [0.717, 1.165) is 6.07 Å². The molecule has 0 atom stereocenters. The summed E-state index contributed by atoms with van der Waals surface area (Å²) in [5, 5.41) is 6.30. The van der Waals surface area contributed by atoms with Crippen molar-refractivity contribution in [3.05, 3.63) is 15.5 Å². The van der Waals surface area contributed by atoms with Gasteiger partial charge >= 0.3 is 6.18 Å². The smallest absolute Gasteiger partial charge is 0.435 e. The van der Waals surface area contributed by atoms with Gasteiger partial charge in [-0.15, -0.1) is 10.2 Å². The highest BCUT2D eigenvalue weighted by molar-refractivity contribution is 14.1. The van der Waals surface area contributed by atoms with E-state index in [1.54, 1.807) is 22.6 Å². The van der Waals surface area contributed by atoms with E-state index in [1.165, 1.54) is 7.11 Å². The zero-order chi connectivity index (χ0) is 10.1. The van der Waals surface area contributed by atoms with Crippen molar-refractivity contribution in [3.8, 4) is 5.75 Å². The Morgan fingerprint density at radius 1 is 1.38 bits per heavy atom.